The van der Waals surface area contributed by atoms with Crippen LogP contribution in [0.1, 0.15) is 6.42 Å². The van der Waals surface area contributed by atoms with Gasteiger partial charge in [0.05, 0.1) is 0 Å². The highest BCUT2D eigenvalue weighted by Gasteiger charge is 2.25. The van der Waals surface area contributed by atoms with Crippen LogP contribution in [-0.2, 0) is 0 Å². The number of halogens is 3. The van der Waals surface area contributed by atoms with Gasteiger partial charge in [0.1, 0.15) is 0 Å². The minimum atomic E-state index is -2.63. The normalized spacial score (nSPS) is 23.7. The van der Waals surface area contributed by atoms with E-state index in [0.29, 0.717) is 0 Å². The SMILES string of the molecule is FC1(F)C=CC(Br)=CC1. The molecule has 0 saturated carbocycles. The maximum Gasteiger partial charge on any atom is 0.270 e. The molecule has 0 heterocycles. The van der Waals surface area contributed by atoms with E-state index in [1.807, 2.05) is 0 Å². The lowest BCUT2D eigenvalue weighted by Gasteiger charge is -2.11. The van der Waals surface area contributed by atoms with Crippen molar-refractivity contribution in [2.75, 3.05) is 0 Å². The minimum Gasteiger partial charge on any atom is -0.202 e. The second-order valence-corrected chi connectivity index (χ2v) is 2.80. The first-order valence-corrected chi connectivity index (χ1v) is 3.32. The van der Waals surface area contributed by atoms with Crippen LogP contribution in [0, 0.1) is 0 Å². The van der Waals surface area contributed by atoms with Crippen LogP contribution in [-0.4, -0.2) is 5.92 Å². The zero-order valence-electron chi connectivity index (χ0n) is 4.57. The zero-order valence-corrected chi connectivity index (χ0v) is 6.16. The Bertz CT molecular complexity index is 170. The van der Waals surface area contributed by atoms with Crippen LogP contribution in [0.3, 0.4) is 0 Å². The summed E-state index contributed by atoms with van der Waals surface area (Å²) in [4.78, 5) is 0. The van der Waals surface area contributed by atoms with E-state index in [4.69, 9.17) is 0 Å². The van der Waals surface area contributed by atoms with Gasteiger partial charge < -0.3 is 0 Å². The molecule has 0 bridgehead atoms. The topological polar surface area (TPSA) is 0 Å². The van der Waals surface area contributed by atoms with Crippen molar-refractivity contribution in [3.05, 3.63) is 22.7 Å². The van der Waals surface area contributed by atoms with Crippen molar-refractivity contribution in [2.45, 2.75) is 12.3 Å². The second-order valence-electron chi connectivity index (χ2n) is 1.89. The van der Waals surface area contributed by atoms with Crippen LogP contribution in [0.2, 0.25) is 0 Å². The largest absolute Gasteiger partial charge is 0.270 e. The van der Waals surface area contributed by atoms with Gasteiger partial charge in [-0.2, -0.15) is 0 Å². The molecule has 0 spiro atoms. The van der Waals surface area contributed by atoms with Crippen molar-refractivity contribution >= 4 is 15.9 Å². The van der Waals surface area contributed by atoms with Gasteiger partial charge in [0.15, 0.2) is 0 Å². The molecular formula is C6H5BrF2. The van der Waals surface area contributed by atoms with Gasteiger partial charge in [0.25, 0.3) is 5.92 Å². The quantitative estimate of drug-likeness (QED) is 0.557. The number of hydrogen-bond donors (Lipinski definition) is 0. The number of hydrogen-bond acceptors (Lipinski definition) is 0. The van der Waals surface area contributed by atoms with Crippen LogP contribution in [0.5, 0.6) is 0 Å². The third-order valence-corrected chi connectivity index (χ3v) is 1.64. The maximum absolute atomic E-state index is 12.2. The van der Waals surface area contributed by atoms with Crippen LogP contribution in [0.15, 0.2) is 22.7 Å². The van der Waals surface area contributed by atoms with Crippen molar-refractivity contribution in [1.82, 2.24) is 0 Å². The monoisotopic (exact) mass is 194 g/mol. The lowest BCUT2D eigenvalue weighted by molar-refractivity contribution is 0.0575. The summed E-state index contributed by atoms with van der Waals surface area (Å²) >= 11 is 3.08. The van der Waals surface area contributed by atoms with E-state index in [0.717, 1.165) is 10.6 Å². The molecule has 0 N–H and O–H groups in total. The molecule has 9 heavy (non-hydrogen) atoms. The molecule has 1 rings (SSSR count). The van der Waals surface area contributed by atoms with E-state index in [-0.39, 0.29) is 6.42 Å². The molecule has 0 fully saturated rings. The molecular weight excluding hydrogens is 190 g/mol. The van der Waals surface area contributed by atoms with Crippen molar-refractivity contribution in [3.63, 3.8) is 0 Å². The molecule has 3 heteroatoms. The van der Waals surface area contributed by atoms with Crippen LogP contribution < -0.4 is 0 Å². The third-order valence-electron chi connectivity index (χ3n) is 1.06. The molecule has 0 aliphatic heterocycles. The van der Waals surface area contributed by atoms with Gasteiger partial charge in [0, 0.05) is 10.9 Å². The number of alkyl halides is 2. The fourth-order valence-corrected chi connectivity index (χ4v) is 0.865. The Morgan fingerprint density at radius 2 is 2.22 bits per heavy atom. The van der Waals surface area contributed by atoms with Crippen molar-refractivity contribution < 1.29 is 8.78 Å². The Kier molecular flexibility index (Phi) is 1.70. The lowest BCUT2D eigenvalue weighted by Crippen LogP contribution is -2.12. The van der Waals surface area contributed by atoms with Crippen molar-refractivity contribution in [2.24, 2.45) is 0 Å². The molecule has 0 aromatic heterocycles. The van der Waals surface area contributed by atoms with Crippen LogP contribution >= 0.6 is 15.9 Å². The molecule has 0 aromatic rings. The Balaban J connectivity index is 2.70. The van der Waals surface area contributed by atoms with E-state index in [1.165, 1.54) is 12.2 Å². The van der Waals surface area contributed by atoms with E-state index in [9.17, 15) is 8.78 Å². The van der Waals surface area contributed by atoms with Crippen LogP contribution in [0.25, 0.3) is 0 Å². The van der Waals surface area contributed by atoms with E-state index in [2.05, 4.69) is 15.9 Å². The zero-order chi connectivity index (χ0) is 6.91. The predicted octanol–water partition coefficient (Wildman–Crippen LogP) is 2.86. The van der Waals surface area contributed by atoms with Crippen LogP contribution in [0.4, 0.5) is 8.78 Å². The van der Waals surface area contributed by atoms with Gasteiger partial charge in [-0.05, 0) is 12.2 Å². The average molecular weight is 195 g/mol. The average Bonchev–Trinajstić information content (AvgIpc) is 1.78. The molecule has 0 unspecified atom stereocenters. The Morgan fingerprint density at radius 1 is 1.56 bits per heavy atom. The highest BCUT2D eigenvalue weighted by Crippen LogP contribution is 2.27. The van der Waals surface area contributed by atoms with Gasteiger partial charge in [0.2, 0.25) is 0 Å². The third kappa shape index (κ3) is 1.90. The molecule has 1 aliphatic rings. The molecule has 0 radical (unpaired) electrons. The summed E-state index contributed by atoms with van der Waals surface area (Å²) in [5, 5.41) is 0. The molecule has 0 aromatic carbocycles. The minimum absolute atomic E-state index is 0.190. The van der Waals surface area contributed by atoms with Gasteiger partial charge in [-0.3, -0.25) is 0 Å². The highest BCUT2D eigenvalue weighted by atomic mass is 79.9. The highest BCUT2D eigenvalue weighted by molar-refractivity contribution is 9.11. The van der Waals surface area contributed by atoms with Crippen molar-refractivity contribution in [3.8, 4) is 0 Å². The summed E-state index contributed by atoms with van der Waals surface area (Å²) in [5.41, 5.74) is 0. The number of rotatable bonds is 0. The first kappa shape index (κ1) is 6.93. The van der Waals surface area contributed by atoms with E-state index >= 15 is 0 Å². The first-order valence-electron chi connectivity index (χ1n) is 2.53. The van der Waals surface area contributed by atoms with Gasteiger partial charge in [-0.25, -0.2) is 8.78 Å². The fourth-order valence-electron chi connectivity index (χ4n) is 0.571. The summed E-state index contributed by atoms with van der Waals surface area (Å²) in [6.45, 7) is 0. The molecule has 0 atom stereocenters. The van der Waals surface area contributed by atoms with E-state index in [1.54, 1.807) is 0 Å². The fraction of sp³-hybridized carbons (Fsp3) is 0.333. The predicted molar refractivity (Wildman–Crippen MR) is 35.7 cm³/mol. The summed E-state index contributed by atoms with van der Waals surface area (Å²) in [5.74, 6) is -2.63. The summed E-state index contributed by atoms with van der Waals surface area (Å²) in [6.07, 6.45) is 3.53. The summed E-state index contributed by atoms with van der Waals surface area (Å²) in [6, 6.07) is 0. The summed E-state index contributed by atoms with van der Waals surface area (Å²) in [7, 11) is 0. The molecule has 0 amide bonds. The Morgan fingerprint density at radius 3 is 2.56 bits per heavy atom. The molecule has 1 aliphatic carbocycles. The molecule has 0 saturated heterocycles. The van der Waals surface area contributed by atoms with Crippen molar-refractivity contribution in [1.29, 1.82) is 0 Å². The molecule has 50 valence electrons. The first-order chi connectivity index (χ1) is 4.10. The standard InChI is InChI=1S/C6H5BrF2/c7-5-1-3-6(8,9)4-2-5/h1-3H,4H2. The lowest BCUT2D eigenvalue weighted by atomic mass is 10.1. The molecule has 0 nitrogen and oxygen atoms in total. The Labute approximate surface area is 60.4 Å². The second kappa shape index (κ2) is 2.21. The van der Waals surface area contributed by atoms with Gasteiger partial charge >= 0.3 is 0 Å². The van der Waals surface area contributed by atoms with Gasteiger partial charge in [-0.1, -0.05) is 22.0 Å². The smallest absolute Gasteiger partial charge is 0.202 e. The van der Waals surface area contributed by atoms with Gasteiger partial charge in [-0.15, -0.1) is 0 Å². The number of allylic oxidation sites excluding steroid dienone is 4. The summed E-state index contributed by atoms with van der Waals surface area (Å²) < 4.78 is 25.2. The van der Waals surface area contributed by atoms with E-state index < -0.39 is 5.92 Å². The maximum atomic E-state index is 12.2. The Hall–Kier alpha value is -0.180.